The van der Waals surface area contributed by atoms with Gasteiger partial charge in [0, 0.05) is 6.54 Å². The Morgan fingerprint density at radius 3 is 2.29 bits per heavy atom. The molecule has 1 amide bonds. The highest BCUT2D eigenvalue weighted by molar-refractivity contribution is 5.69. The molecule has 4 nitrogen and oxygen atoms in total. The number of hydrogen-bond acceptors (Lipinski definition) is 3. The number of halogens is 3. The van der Waals surface area contributed by atoms with Gasteiger partial charge in [-0.25, -0.2) is 4.79 Å². The van der Waals surface area contributed by atoms with Crippen LogP contribution in [0.25, 0.3) is 0 Å². The number of amides is 1. The molecule has 1 unspecified atom stereocenters. The van der Waals surface area contributed by atoms with Crippen molar-refractivity contribution in [3.63, 3.8) is 0 Å². The summed E-state index contributed by atoms with van der Waals surface area (Å²) >= 11 is 0. The average Bonchev–Trinajstić information content (AvgIpc) is 2.23. The van der Waals surface area contributed by atoms with Gasteiger partial charge in [0.25, 0.3) is 0 Å². The number of carbonyl (C=O) groups excluding carboxylic acids is 1. The first kappa shape index (κ1) is 18.1. The minimum absolute atomic E-state index is 0.0902. The van der Waals surface area contributed by atoms with Crippen molar-refractivity contribution in [2.24, 2.45) is 5.41 Å². The van der Waals surface area contributed by atoms with Crippen molar-refractivity contribution in [3.8, 4) is 0 Å². The summed E-state index contributed by atoms with van der Waals surface area (Å²) in [4.78, 5) is 13.2. The molecule has 0 bridgehead atoms. The Hall–Kier alpha value is -0.980. The van der Waals surface area contributed by atoms with Crippen molar-refractivity contribution in [1.29, 1.82) is 0 Å². The second-order valence-corrected chi connectivity index (χ2v) is 7.36. The molecule has 1 aliphatic heterocycles. The predicted octanol–water partition coefficient (Wildman–Crippen LogP) is 3.34. The molecule has 0 radical (unpaired) electrons. The Kier molecular flexibility index (Phi) is 4.87. The molecule has 0 aromatic heterocycles. The van der Waals surface area contributed by atoms with E-state index in [-0.39, 0.29) is 18.4 Å². The molecule has 1 fully saturated rings. The predicted molar refractivity (Wildman–Crippen MR) is 71.8 cm³/mol. The average molecular weight is 311 g/mol. The molecule has 0 spiro atoms. The van der Waals surface area contributed by atoms with Crippen LogP contribution in [0.3, 0.4) is 0 Å². The largest absolute Gasteiger partial charge is 0.444 e. The number of nitrogens with zero attached hydrogens (tertiary/aromatic N) is 1. The van der Waals surface area contributed by atoms with Gasteiger partial charge in [0.15, 0.2) is 6.10 Å². The zero-order valence-electron chi connectivity index (χ0n) is 13.1. The van der Waals surface area contributed by atoms with E-state index in [2.05, 4.69) is 0 Å². The monoisotopic (exact) mass is 311 g/mol. The molecule has 1 N–H and O–H groups in total. The maximum atomic E-state index is 12.8. The molecule has 0 saturated carbocycles. The molecule has 0 aromatic carbocycles. The fourth-order valence-corrected chi connectivity index (χ4v) is 2.42. The fraction of sp³-hybridized carbons (Fsp3) is 0.929. The van der Waals surface area contributed by atoms with Gasteiger partial charge in [0.1, 0.15) is 5.60 Å². The lowest BCUT2D eigenvalue weighted by Crippen LogP contribution is -2.58. The van der Waals surface area contributed by atoms with Crippen molar-refractivity contribution in [1.82, 2.24) is 4.90 Å². The minimum atomic E-state index is -4.76. The van der Waals surface area contributed by atoms with E-state index in [0.717, 1.165) is 4.90 Å². The van der Waals surface area contributed by atoms with Crippen LogP contribution in [0.5, 0.6) is 0 Å². The third kappa shape index (κ3) is 5.05. The Balaban J connectivity index is 2.98. The molecular weight excluding hydrogens is 287 g/mol. The van der Waals surface area contributed by atoms with E-state index in [4.69, 9.17) is 4.74 Å². The zero-order valence-corrected chi connectivity index (χ0v) is 13.1. The smallest absolute Gasteiger partial charge is 0.416 e. The summed E-state index contributed by atoms with van der Waals surface area (Å²) in [5, 5.41) is 9.52. The van der Waals surface area contributed by atoms with Gasteiger partial charge in [-0.3, -0.25) is 0 Å². The summed E-state index contributed by atoms with van der Waals surface area (Å²) in [6, 6.07) is -1.30. The standard InChI is InChI=1S/C14H24F3NO3/c1-12(2,3)21-11(20)18-8-13(4,5)7-6-9(18)10(19)14(15,16)17/h9-10,19H,6-8H2,1-5H3/t9?,10-/m1/s1. The van der Waals surface area contributed by atoms with E-state index in [1.165, 1.54) is 0 Å². The Morgan fingerprint density at radius 1 is 1.33 bits per heavy atom. The highest BCUT2D eigenvalue weighted by atomic mass is 19.4. The molecule has 7 heteroatoms. The van der Waals surface area contributed by atoms with E-state index >= 15 is 0 Å². The van der Waals surface area contributed by atoms with Crippen molar-refractivity contribution >= 4 is 6.09 Å². The van der Waals surface area contributed by atoms with Gasteiger partial charge in [0.2, 0.25) is 0 Å². The number of aliphatic hydroxyl groups is 1. The lowest BCUT2D eigenvalue weighted by atomic mass is 9.80. The maximum absolute atomic E-state index is 12.8. The quantitative estimate of drug-likeness (QED) is 0.808. The summed E-state index contributed by atoms with van der Waals surface area (Å²) in [5.74, 6) is 0. The first-order valence-electron chi connectivity index (χ1n) is 6.97. The number of ether oxygens (including phenoxy) is 1. The summed E-state index contributed by atoms with van der Waals surface area (Å²) in [7, 11) is 0. The third-order valence-corrected chi connectivity index (χ3v) is 3.44. The molecule has 1 heterocycles. The van der Waals surface area contributed by atoms with E-state index < -0.39 is 30.0 Å². The topological polar surface area (TPSA) is 49.8 Å². The number of rotatable bonds is 1. The summed E-state index contributed by atoms with van der Waals surface area (Å²) in [6.07, 6.45) is -7.53. The van der Waals surface area contributed by atoms with Crippen LogP contribution in [0.1, 0.15) is 47.5 Å². The molecule has 1 saturated heterocycles. The molecular formula is C14H24F3NO3. The van der Waals surface area contributed by atoms with Crippen LogP contribution in [0.15, 0.2) is 0 Å². The fourth-order valence-electron chi connectivity index (χ4n) is 2.42. The van der Waals surface area contributed by atoms with Gasteiger partial charge in [-0.05, 0) is 39.0 Å². The van der Waals surface area contributed by atoms with E-state index in [9.17, 15) is 23.1 Å². The minimum Gasteiger partial charge on any atom is -0.444 e. The summed E-state index contributed by atoms with van der Waals surface area (Å²) in [5.41, 5.74) is -1.11. The second-order valence-electron chi connectivity index (χ2n) is 7.36. The molecule has 124 valence electrons. The third-order valence-electron chi connectivity index (χ3n) is 3.44. The van der Waals surface area contributed by atoms with Gasteiger partial charge in [-0.1, -0.05) is 13.8 Å². The van der Waals surface area contributed by atoms with Gasteiger partial charge >= 0.3 is 12.3 Å². The highest BCUT2D eigenvalue weighted by Gasteiger charge is 2.50. The van der Waals surface area contributed by atoms with Crippen molar-refractivity contribution in [2.45, 2.75) is 71.4 Å². The van der Waals surface area contributed by atoms with Crippen LogP contribution >= 0.6 is 0 Å². The van der Waals surface area contributed by atoms with Crippen LogP contribution in [-0.4, -0.2) is 46.6 Å². The second kappa shape index (κ2) is 5.66. The lowest BCUT2D eigenvalue weighted by Gasteiger charge is -2.45. The van der Waals surface area contributed by atoms with E-state index in [1.54, 1.807) is 20.8 Å². The first-order chi connectivity index (χ1) is 9.23. The number of alkyl halides is 3. The summed E-state index contributed by atoms with van der Waals surface area (Å²) in [6.45, 7) is 8.82. The van der Waals surface area contributed by atoms with Crippen molar-refractivity contribution < 1.29 is 27.8 Å². The first-order valence-corrected chi connectivity index (χ1v) is 6.97. The van der Waals surface area contributed by atoms with E-state index in [0.29, 0.717) is 6.42 Å². The van der Waals surface area contributed by atoms with Crippen LogP contribution in [0.2, 0.25) is 0 Å². The normalized spacial score (nSPS) is 24.6. The van der Waals surface area contributed by atoms with Crippen LogP contribution in [-0.2, 0) is 4.74 Å². The number of aliphatic hydroxyl groups excluding tert-OH is 1. The zero-order chi connectivity index (χ0) is 16.6. The van der Waals surface area contributed by atoms with E-state index in [1.807, 2.05) is 13.8 Å². The molecule has 1 aliphatic rings. The molecule has 0 aromatic rings. The highest BCUT2D eigenvalue weighted by Crippen LogP contribution is 2.37. The van der Waals surface area contributed by atoms with Crippen LogP contribution < -0.4 is 0 Å². The van der Waals surface area contributed by atoms with Gasteiger partial charge in [-0.2, -0.15) is 13.2 Å². The maximum Gasteiger partial charge on any atom is 0.416 e. The van der Waals surface area contributed by atoms with Crippen molar-refractivity contribution in [3.05, 3.63) is 0 Å². The lowest BCUT2D eigenvalue weighted by molar-refractivity contribution is -0.225. The Bertz CT molecular complexity index is 388. The Morgan fingerprint density at radius 2 is 1.86 bits per heavy atom. The van der Waals surface area contributed by atoms with Gasteiger partial charge in [-0.15, -0.1) is 0 Å². The number of hydrogen-bond donors (Lipinski definition) is 1. The van der Waals surface area contributed by atoms with Crippen molar-refractivity contribution in [2.75, 3.05) is 6.54 Å². The molecule has 0 aliphatic carbocycles. The van der Waals surface area contributed by atoms with Gasteiger partial charge < -0.3 is 14.7 Å². The van der Waals surface area contributed by atoms with Gasteiger partial charge in [0.05, 0.1) is 6.04 Å². The SMILES string of the molecule is CC1(C)CCC([C@@H](O)C(F)(F)F)N(C(=O)OC(C)(C)C)C1. The molecule has 2 atom stereocenters. The Labute approximate surface area is 123 Å². The number of piperidine rings is 1. The summed E-state index contributed by atoms with van der Waals surface area (Å²) < 4.78 is 43.5. The van der Waals surface area contributed by atoms with Crippen LogP contribution in [0, 0.1) is 5.41 Å². The van der Waals surface area contributed by atoms with Crippen LogP contribution in [0.4, 0.5) is 18.0 Å². The molecule has 1 rings (SSSR count). The number of likely N-dealkylation sites (tertiary alicyclic amines) is 1. The molecule has 21 heavy (non-hydrogen) atoms. The number of carbonyl (C=O) groups is 1.